The number of hydrogen-bond donors (Lipinski definition) is 1. The average molecular weight is 416 g/mol. The zero-order valence-electron chi connectivity index (χ0n) is 17.7. The maximum atomic E-state index is 8.96. The minimum Gasteiger partial charge on any atom is -0.433 e. The van der Waals surface area contributed by atoms with Crippen LogP contribution in [0.1, 0.15) is 35.6 Å². The molecule has 0 bridgehead atoms. The zero-order valence-corrected chi connectivity index (χ0v) is 17.7. The van der Waals surface area contributed by atoms with Gasteiger partial charge in [0.2, 0.25) is 0 Å². The highest BCUT2D eigenvalue weighted by Crippen LogP contribution is 2.38. The number of rotatable bonds is 4. The van der Waals surface area contributed by atoms with Gasteiger partial charge in [0.25, 0.3) is 5.88 Å². The lowest BCUT2D eigenvalue weighted by Crippen LogP contribution is -2.27. The molecule has 0 unspecified atom stereocenters. The SMILES string of the molecule is Cc1cc(-c2cnc(N)c(Oc3cnn([C@H]4C[C@H](C#N)C4)c3)n2)cc2c1CCN(C)C2. The van der Waals surface area contributed by atoms with Crippen LogP contribution >= 0.6 is 0 Å². The third-order valence-corrected chi connectivity index (χ3v) is 6.27. The third-order valence-electron chi connectivity index (χ3n) is 6.27. The van der Waals surface area contributed by atoms with E-state index in [9.17, 15) is 0 Å². The molecule has 8 heteroatoms. The number of fused-ring (bicyclic) bond motifs is 1. The summed E-state index contributed by atoms with van der Waals surface area (Å²) in [6.45, 7) is 4.17. The fourth-order valence-corrected chi connectivity index (χ4v) is 4.40. The van der Waals surface area contributed by atoms with Crippen LogP contribution < -0.4 is 10.5 Å². The van der Waals surface area contributed by atoms with Gasteiger partial charge in [0.15, 0.2) is 11.6 Å². The number of benzene rings is 1. The predicted molar refractivity (Wildman–Crippen MR) is 116 cm³/mol. The summed E-state index contributed by atoms with van der Waals surface area (Å²) in [5.41, 5.74) is 11.8. The molecule has 3 aromatic rings. The average Bonchev–Trinajstić information content (AvgIpc) is 3.16. The number of nitrogen functional groups attached to an aromatic ring is 1. The van der Waals surface area contributed by atoms with Crippen LogP contribution in [0.3, 0.4) is 0 Å². The van der Waals surface area contributed by atoms with E-state index in [0.717, 1.165) is 43.6 Å². The van der Waals surface area contributed by atoms with E-state index in [-0.39, 0.29) is 23.7 Å². The second-order valence-corrected chi connectivity index (χ2v) is 8.57. The van der Waals surface area contributed by atoms with Crippen molar-refractivity contribution in [3.63, 3.8) is 0 Å². The van der Waals surface area contributed by atoms with Crippen LogP contribution in [0.5, 0.6) is 11.6 Å². The number of anilines is 1. The van der Waals surface area contributed by atoms with Gasteiger partial charge in [-0.3, -0.25) is 4.68 Å². The molecule has 8 nitrogen and oxygen atoms in total. The largest absolute Gasteiger partial charge is 0.433 e. The van der Waals surface area contributed by atoms with Crippen molar-refractivity contribution in [2.24, 2.45) is 5.92 Å². The van der Waals surface area contributed by atoms with Crippen LogP contribution in [0.25, 0.3) is 11.3 Å². The number of aromatic nitrogens is 4. The molecule has 0 radical (unpaired) electrons. The van der Waals surface area contributed by atoms with Crippen LogP contribution in [0.2, 0.25) is 0 Å². The molecule has 2 N–H and O–H groups in total. The Labute approximate surface area is 181 Å². The maximum Gasteiger partial charge on any atom is 0.263 e. The van der Waals surface area contributed by atoms with Crippen molar-refractivity contribution in [2.75, 3.05) is 19.3 Å². The number of hydrogen-bond acceptors (Lipinski definition) is 7. The molecule has 1 aliphatic carbocycles. The van der Waals surface area contributed by atoms with E-state index in [2.05, 4.69) is 52.1 Å². The summed E-state index contributed by atoms with van der Waals surface area (Å²) in [6, 6.07) is 6.89. The summed E-state index contributed by atoms with van der Waals surface area (Å²) in [5.74, 6) is 1.19. The van der Waals surface area contributed by atoms with Crippen LogP contribution in [0, 0.1) is 24.2 Å². The van der Waals surface area contributed by atoms with Gasteiger partial charge in [-0.2, -0.15) is 10.4 Å². The van der Waals surface area contributed by atoms with Gasteiger partial charge in [-0.25, -0.2) is 9.97 Å². The van der Waals surface area contributed by atoms with E-state index in [1.54, 1.807) is 12.4 Å². The Bertz CT molecular complexity index is 1170. The Balaban J connectivity index is 1.39. The lowest BCUT2D eigenvalue weighted by molar-refractivity contribution is 0.229. The molecule has 5 rings (SSSR count). The van der Waals surface area contributed by atoms with Gasteiger partial charge in [-0.1, -0.05) is 0 Å². The topological polar surface area (TPSA) is 106 Å². The smallest absolute Gasteiger partial charge is 0.263 e. The quantitative estimate of drug-likeness (QED) is 0.695. The third kappa shape index (κ3) is 3.73. The molecule has 2 aromatic heterocycles. The number of aryl methyl sites for hydroxylation is 1. The van der Waals surface area contributed by atoms with Crippen molar-refractivity contribution in [1.29, 1.82) is 5.26 Å². The molecule has 3 heterocycles. The second kappa shape index (κ2) is 7.67. The van der Waals surface area contributed by atoms with Crippen molar-refractivity contribution in [3.05, 3.63) is 47.4 Å². The minimum absolute atomic E-state index is 0.122. The summed E-state index contributed by atoms with van der Waals surface area (Å²) < 4.78 is 7.78. The zero-order chi connectivity index (χ0) is 21.5. The van der Waals surface area contributed by atoms with E-state index >= 15 is 0 Å². The summed E-state index contributed by atoms with van der Waals surface area (Å²) in [6.07, 6.45) is 7.87. The van der Waals surface area contributed by atoms with Crippen LogP contribution in [0.15, 0.2) is 30.7 Å². The van der Waals surface area contributed by atoms with E-state index in [4.69, 9.17) is 15.7 Å². The highest BCUT2D eigenvalue weighted by Gasteiger charge is 2.31. The molecule has 0 atom stereocenters. The summed E-state index contributed by atoms with van der Waals surface area (Å²) in [7, 11) is 2.14. The van der Waals surface area contributed by atoms with E-state index in [1.807, 2.05) is 10.9 Å². The lowest BCUT2D eigenvalue weighted by atomic mass is 9.81. The maximum absolute atomic E-state index is 8.96. The number of nitrogens with zero attached hydrogens (tertiary/aromatic N) is 6. The molecule has 31 heavy (non-hydrogen) atoms. The molecule has 158 valence electrons. The Hall–Kier alpha value is -3.44. The fourth-order valence-electron chi connectivity index (χ4n) is 4.40. The van der Waals surface area contributed by atoms with Gasteiger partial charge < -0.3 is 15.4 Å². The van der Waals surface area contributed by atoms with Crippen LogP contribution in [-0.2, 0) is 13.0 Å². The first kappa shape index (κ1) is 19.5. The van der Waals surface area contributed by atoms with Crippen molar-refractivity contribution in [1.82, 2.24) is 24.6 Å². The van der Waals surface area contributed by atoms with Gasteiger partial charge in [0.1, 0.15) is 0 Å². The first-order valence-corrected chi connectivity index (χ1v) is 10.6. The van der Waals surface area contributed by atoms with E-state index in [1.165, 1.54) is 16.7 Å². The first-order valence-electron chi connectivity index (χ1n) is 10.6. The van der Waals surface area contributed by atoms with E-state index in [0.29, 0.717) is 5.75 Å². The van der Waals surface area contributed by atoms with Crippen molar-refractivity contribution in [2.45, 2.75) is 38.8 Å². The Kier molecular flexibility index (Phi) is 4.83. The van der Waals surface area contributed by atoms with Crippen LogP contribution in [0.4, 0.5) is 5.82 Å². The summed E-state index contributed by atoms with van der Waals surface area (Å²) >= 11 is 0. The number of nitriles is 1. The number of likely N-dealkylation sites (N-methyl/N-ethyl adjacent to an activating group) is 1. The van der Waals surface area contributed by atoms with Crippen LogP contribution in [-0.4, -0.2) is 38.2 Å². The molecule has 1 aromatic carbocycles. The second-order valence-electron chi connectivity index (χ2n) is 8.57. The van der Waals surface area contributed by atoms with E-state index < -0.39 is 0 Å². The van der Waals surface area contributed by atoms with Crippen molar-refractivity contribution in [3.8, 4) is 29.0 Å². The molecule has 1 saturated carbocycles. The fraction of sp³-hybridized carbons (Fsp3) is 0.391. The molecule has 1 fully saturated rings. The Morgan fingerprint density at radius 3 is 2.90 bits per heavy atom. The highest BCUT2D eigenvalue weighted by molar-refractivity contribution is 5.64. The monoisotopic (exact) mass is 415 g/mol. The van der Waals surface area contributed by atoms with Crippen molar-refractivity contribution < 1.29 is 4.74 Å². The number of ether oxygens (including phenoxy) is 1. The molecular formula is C23H25N7O. The lowest BCUT2D eigenvalue weighted by Gasteiger charge is -2.30. The van der Waals surface area contributed by atoms with Gasteiger partial charge in [0, 0.05) is 18.7 Å². The molecule has 1 aliphatic heterocycles. The van der Waals surface area contributed by atoms with Crippen molar-refractivity contribution >= 4 is 5.82 Å². The molecule has 2 aliphatic rings. The normalized spacial score (nSPS) is 20.5. The molecule has 0 saturated heterocycles. The Morgan fingerprint density at radius 1 is 1.26 bits per heavy atom. The molecule has 0 amide bonds. The summed E-state index contributed by atoms with van der Waals surface area (Å²) in [4.78, 5) is 11.3. The summed E-state index contributed by atoms with van der Waals surface area (Å²) in [5, 5.41) is 13.3. The predicted octanol–water partition coefficient (Wildman–Crippen LogP) is 3.49. The van der Waals surface area contributed by atoms with Gasteiger partial charge in [-0.05, 0) is 62.1 Å². The minimum atomic E-state index is 0.122. The van der Waals surface area contributed by atoms with Gasteiger partial charge in [0.05, 0.1) is 42.3 Å². The first-order chi connectivity index (χ1) is 15.0. The standard InChI is InChI=1S/C23H25N7O/c1-14-5-16(8-17-12-29(2)4-3-20(14)17)21-11-26-22(25)23(28-21)31-19-10-27-30(13-19)18-6-15(7-18)9-24/h5,8,10-11,13,15,18H,3-4,6-7,12H2,1-2H3,(H2,25,26)/t15-,18-. The molecule has 0 spiro atoms. The van der Waals surface area contributed by atoms with Gasteiger partial charge in [-0.15, -0.1) is 0 Å². The van der Waals surface area contributed by atoms with Gasteiger partial charge >= 0.3 is 0 Å². The molecular weight excluding hydrogens is 390 g/mol. The Morgan fingerprint density at radius 2 is 2.10 bits per heavy atom. The number of nitrogens with two attached hydrogens (primary N) is 1. The highest BCUT2D eigenvalue weighted by atomic mass is 16.5.